The lowest BCUT2D eigenvalue weighted by Gasteiger charge is -2.41. The monoisotopic (exact) mass is 437 g/mol. The molecule has 4 rings (SSSR count). The predicted molar refractivity (Wildman–Crippen MR) is 119 cm³/mol. The van der Waals surface area contributed by atoms with Crippen molar-refractivity contribution in [1.29, 1.82) is 0 Å². The number of carbonyl (C=O) groups is 3. The molecular formula is C25H28FN3O3. The Hall–Kier alpha value is -3.22. The van der Waals surface area contributed by atoms with Crippen molar-refractivity contribution in [2.24, 2.45) is 0 Å². The van der Waals surface area contributed by atoms with E-state index in [1.54, 1.807) is 32.9 Å². The Bertz CT molecular complexity index is 1010. The minimum absolute atomic E-state index is 0.00264. The third-order valence-corrected chi connectivity index (χ3v) is 6.35. The third kappa shape index (κ3) is 4.52. The van der Waals surface area contributed by atoms with Crippen molar-refractivity contribution in [2.45, 2.75) is 32.2 Å². The van der Waals surface area contributed by atoms with Crippen LogP contribution in [0.1, 0.15) is 25.3 Å². The van der Waals surface area contributed by atoms with Gasteiger partial charge in [0.2, 0.25) is 17.7 Å². The first kappa shape index (κ1) is 22.0. The van der Waals surface area contributed by atoms with Crippen molar-refractivity contribution in [3.8, 4) is 11.1 Å². The Balaban J connectivity index is 1.52. The van der Waals surface area contributed by atoms with E-state index in [0.29, 0.717) is 44.6 Å². The molecule has 2 saturated heterocycles. The Morgan fingerprint density at radius 1 is 1.00 bits per heavy atom. The zero-order chi connectivity index (χ0) is 22.7. The summed E-state index contributed by atoms with van der Waals surface area (Å²) in [6.07, 6.45) is 1.63. The number of benzene rings is 2. The molecule has 2 fully saturated rings. The summed E-state index contributed by atoms with van der Waals surface area (Å²) < 4.78 is 14.1. The topological polar surface area (TPSA) is 60.9 Å². The molecule has 7 heteroatoms. The number of hydrogen-bond acceptors (Lipinski definition) is 3. The van der Waals surface area contributed by atoms with Crippen LogP contribution >= 0.6 is 0 Å². The summed E-state index contributed by atoms with van der Waals surface area (Å²) in [4.78, 5) is 43.1. The number of piperazine rings is 1. The lowest BCUT2D eigenvalue weighted by Crippen LogP contribution is -2.60. The molecule has 2 aromatic rings. The number of halogens is 1. The molecule has 0 aliphatic carbocycles. The van der Waals surface area contributed by atoms with E-state index in [2.05, 4.69) is 0 Å². The van der Waals surface area contributed by atoms with Crippen molar-refractivity contribution in [1.82, 2.24) is 14.7 Å². The van der Waals surface area contributed by atoms with E-state index in [1.165, 1.54) is 6.07 Å². The Morgan fingerprint density at radius 2 is 1.75 bits per heavy atom. The average Bonchev–Trinajstić information content (AvgIpc) is 3.20. The predicted octanol–water partition coefficient (Wildman–Crippen LogP) is 2.72. The molecule has 0 radical (unpaired) electrons. The summed E-state index contributed by atoms with van der Waals surface area (Å²) in [7, 11) is 0. The molecule has 2 aliphatic heterocycles. The minimum Gasteiger partial charge on any atom is -0.339 e. The fourth-order valence-electron chi connectivity index (χ4n) is 4.51. The van der Waals surface area contributed by atoms with Gasteiger partial charge in [-0.05, 0) is 30.5 Å². The Kier molecular flexibility index (Phi) is 6.53. The highest BCUT2D eigenvalue weighted by Crippen LogP contribution is 2.24. The molecule has 1 atom stereocenters. The van der Waals surface area contributed by atoms with E-state index in [-0.39, 0.29) is 30.1 Å². The maximum absolute atomic E-state index is 14.1. The molecule has 2 aliphatic rings. The molecule has 0 spiro atoms. The molecule has 3 amide bonds. The molecular weight excluding hydrogens is 409 g/mol. The highest BCUT2D eigenvalue weighted by molar-refractivity contribution is 5.91. The fourth-order valence-corrected chi connectivity index (χ4v) is 4.51. The standard InChI is InChI=1S/C25H28FN3O3/c1-2-27-14-15-29(24(31)17-28-13-5-8-23(28)30)22(25(27)32)16-18-9-11-19(12-10-18)20-6-3-4-7-21(20)26/h3-4,6-7,9-12,22H,2,5,8,13-17H2,1H3/t22-/m0/s1. The second-order valence-corrected chi connectivity index (χ2v) is 8.32. The van der Waals surface area contributed by atoms with Gasteiger partial charge in [-0.3, -0.25) is 14.4 Å². The summed E-state index contributed by atoms with van der Waals surface area (Å²) >= 11 is 0. The van der Waals surface area contributed by atoms with Crippen molar-refractivity contribution >= 4 is 17.7 Å². The molecule has 2 aromatic carbocycles. The van der Waals surface area contributed by atoms with Gasteiger partial charge in [-0.1, -0.05) is 42.5 Å². The maximum Gasteiger partial charge on any atom is 0.245 e. The van der Waals surface area contributed by atoms with Crippen molar-refractivity contribution < 1.29 is 18.8 Å². The number of carbonyl (C=O) groups excluding carboxylic acids is 3. The first-order valence-corrected chi connectivity index (χ1v) is 11.2. The van der Waals surface area contributed by atoms with E-state index in [1.807, 2.05) is 31.2 Å². The number of hydrogen-bond donors (Lipinski definition) is 0. The van der Waals surface area contributed by atoms with Gasteiger partial charge in [0.15, 0.2) is 0 Å². The van der Waals surface area contributed by atoms with Gasteiger partial charge in [-0.15, -0.1) is 0 Å². The summed E-state index contributed by atoms with van der Waals surface area (Å²) in [5.41, 5.74) is 2.19. The minimum atomic E-state index is -0.604. The molecule has 0 saturated carbocycles. The zero-order valence-electron chi connectivity index (χ0n) is 18.3. The number of rotatable bonds is 6. The van der Waals surface area contributed by atoms with Crippen LogP contribution in [0, 0.1) is 5.82 Å². The van der Waals surface area contributed by atoms with Gasteiger partial charge in [0.25, 0.3) is 0 Å². The summed E-state index contributed by atoms with van der Waals surface area (Å²) in [5.74, 6) is -0.540. The van der Waals surface area contributed by atoms with E-state index in [4.69, 9.17) is 0 Å². The molecule has 0 N–H and O–H groups in total. The lowest BCUT2D eigenvalue weighted by molar-refractivity contribution is -0.152. The number of amides is 3. The van der Waals surface area contributed by atoms with Crippen LogP contribution in [0.5, 0.6) is 0 Å². The summed E-state index contributed by atoms with van der Waals surface area (Å²) in [6, 6.07) is 13.4. The van der Waals surface area contributed by atoms with E-state index in [0.717, 1.165) is 17.5 Å². The van der Waals surface area contributed by atoms with Crippen LogP contribution in [0.15, 0.2) is 48.5 Å². The van der Waals surface area contributed by atoms with Crippen LogP contribution < -0.4 is 0 Å². The van der Waals surface area contributed by atoms with Crippen molar-refractivity contribution in [3.63, 3.8) is 0 Å². The molecule has 168 valence electrons. The van der Waals surface area contributed by atoms with Crippen molar-refractivity contribution in [3.05, 3.63) is 59.9 Å². The van der Waals surface area contributed by atoms with E-state index < -0.39 is 6.04 Å². The zero-order valence-corrected chi connectivity index (χ0v) is 18.3. The second-order valence-electron chi connectivity index (χ2n) is 8.32. The highest BCUT2D eigenvalue weighted by Gasteiger charge is 2.38. The van der Waals surface area contributed by atoms with Gasteiger partial charge in [0, 0.05) is 44.6 Å². The van der Waals surface area contributed by atoms with Crippen LogP contribution in [0.25, 0.3) is 11.1 Å². The summed E-state index contributed by atoms with van der Waals surface area (Å²) in [6.45, 7) is 4.10. The molecule has 6 nitrogen and oxygen atoms in total. The molecule has 2 heterocycles. The molecule has 0 unspecified atom stereocenters. The Labute approximate surface area is 187 Å². The van der Waals surface area contributed by atoms with Gasteiger partial charge in [-0.25, -0.2) is 4.39 Å². The normalized spacial score (nSPS) is 19.1. The number of likely N-dealkylation sites (tertiary alicyclic amines) is 1. The molecule has 32 heavy (non-hydrogen) atoms. The van der Waals surface area contributed by atoms with E-state index >= 15 is 0 Å². The number of nitrogens with zero attached hydrogens (tertiary/aromatic N) is 3. The second kappa shape index (κ2) is 9.51. The van der Waals surface area contributed by atoms with Gasteiger partial charge >= 0.3 is 0 Å². The fraction of sp³-hybridized carbons (Fsp3) is 0.400. The molecule has 0 aromatic heterocycles. The summed E-state index contributed by atoms with van der Waals surface area (Å²) in [5, 5.41) is 0. The average molecular weight is 438 g/mol. The third-order valence-electron chi connectivity index (χ3n) is 6.35. The first-order chi connectivity index (χ1) is 15.5. The quantitative estimate of drug-likeness (QED) is 0.698. The van der Waals surface area contributed by atoms with Crippen LogP contribution in [-0.4, -0.2) is 71.2 Å². The smallest absolute Gasteiger partial charge is 0.245 e. The highest BCUT2D eigenvalue weighted by atomic mass is 19.1. The largest absolute Gasteiger partial charge is 0.339 e. The van der Waals surface area contributed by atoms with Crippen LogP contribution in [0.3, 0.4) is 0 Å². The van der Waals surface area contributed by atoms with Crippen LogP contribution in [-0.2, 0) is 20.8 Å². The van der Waals surface area contributed by atoms with Gasteiger partial charge < -0.3 is 14.7 Å². The number of likely N-dealkylation sites (N-methyl/N-ethyl adjacent to an activating group) is 1. The van der Waals surface area contributed by atoms with Crippen molar-refractivity contribution in [2.75, 3.05) is 32.7 Å². The van der Waals surface area contributed by atoms with Gasteiger partial charge in [0.1, 0.15) is 11.9 Å². The van der Waals surface area contributed by atoms with Gasteiger partial charge in [0.05, 0.1) is 6.54 Å². The Morgan fingerprint density at radius 3 is 2.41 bits per heavy atom. The maximum atomic E-state index is 14.1. The van der Waals surface area contributed by atoms with Crippen LogP contribution in [0.4, 0.5) is 4.39 Å². The van der Waals surface area contributed by atoms with E-state index in [9.17, 15) is 18.8 Å². The first-order valence-electron chi connectivity index (χ1n) is 11.2. The molecule has 0 bridgehead atoms. The lowest BCUT2D eigenvalue weighted by atomic mass is 9.98. The van der Waals surface area contributed by atoms with Gasteiger partial charge in [-0.2, -0.15) is 0 Å². The SMILES string of the molecule is CCN1CCN(C(=O)CN2CCCC2=O)[C@@H](Cc2ccc(-c3ccccc3F)cc2)C1=O. The van der Waals surface area contributed by atoms with Crippen LogP contribution in [0.2, 0.25) is 0 Å².